The van der Waals surface area contributed by atoms with Gasteiger partial charge < -0.3 is 14.2 Å². The van der Waals surface area contributed by atoms with E-state index in [0.717, 1.165) is 24.6 Å². The molecular weight excluding hydrogens is 166 g/mol. The summed E-state index contributed by atoms with van der Waals surface area (Å²) in [4.78, 5) is 0. The SMILES string of the molecule is c1coc(CNCc2ccco2)c1. The highest BCUT2D eigenvalue weighted by Gasteiger charge is 1.96. The molecule has 0 aliphatic rings. The molecule has 0 saturated heterocycles. The quantitative estimate of drug-likeness (QED) is 0.777. The van der Waals surface area contributed by atoms with Crippen molar-refractivity contribution in [1.82, 2.24) is 5.32 Å². The fourth-order valence-electron chi connectivity index (χ4n) is 1.14. The van der Waals surface area contributed by atoms with Crippen LogP contribution in [0.3, 0.4) is 0 Å². The van der Waals surface area contributed by atoms with Gasteiger partial charge >= 0.3 is 0 Å². The van der Waals surface area contributed by atoms with Crippen molar-refractivity contribution in [2.45, 2.75) is 13.1 Å². The lowest BCUT2D eigenvalue weighted by Crippen LogP contribution is -2.11. The number of hydrogen-bond donors (Lipinski definition) is 1. The van der Waals surface area contributed by atoms with Gasteiger partial charge in [-0.15, -0.1) is 0 Å². The van der Waals surface area contributed by atoms with Gasteiger partial charge in [0.15, 0.2) is 0 Å². The van der Waals surface area contributed by atoms with Crippen LogP contribution in [0.5, 0.6) is 0 Å². The van der Waals surface area contributed by atoms with Crippen LogP contribution in [0.25, 0.3) is 0 Å². The second-order valence-corrected chi connectivity index (χ2v) is 2.76. The predicted molar refractivity (Wildman–Crippen MR) is 48.0 cm³/mol. The van der Waals surface area contributed by atoms with Crippen molar-refractivity contribution in [2.75, 3.05) is 0 Å². The van der Waals surface area contributed by atoms with Crippen LogP contribution in [-0.2, 0) is 13.1 Å². The molecular formula is C10H11NO2. The highest BCUT2D eigenvalue weighted by molar-refractivity contribution is 5.00. The Kier molecular flexibility index (Phi) is 2.48. The molecule has 0 aromatic carbocycles. The van der Waals surface area contributed by atoms with Crippen molar-refractivity contribution >= 4 is 0 Å². The Hall–Kier alpha value is -1.48. The van der Waals surface area contributed by atoms with Gasteiger partial charge in [0.25, 0.3) is 0 Å². The standard InChI is InChI=1S/C10H11NO2/c1-3-9(12-5-1)7-11-8-10-4-2-6-13-10/h1-6,11H,7-8H2. The molecule has 0 saturated carbocycles. The largest absolute Gasteiger partial charge is 0.468 e. The second kappa shape index (κ2) is 3.96. The highest BCUT2D eigenvalue weighted by Crippen LogP contribution is 2.01. The van der Waals surface area contributed by atoms with Gasteiger partial charge in [0.05, 0.1) is 25.6 Å². The number of hydrogen-bond acceptors (Lipinski definition) is 3. The maximum absolute atomic E-state index is 5.16. The minimum atomic E-state index is 0.730. The lowest BCUT2D eigenvalue weighted by molar-refractivity contribution is 0.451. The van der Waals surface area contributed by atoms with Gasteiger partial charge in [0, 0.05) is 0 Å². The molecule has 13 heavy (non-hydrogen) atoms. The van der Waals surface area contributed by atoms with E-state index in [0.29, 0.717) is 0 Å². The average molecular weight is 177 g/mol. The fraction of sp³-hybridized carbons (Fsp3) is 0.200. The normalized spacial score (nSPS) is 10.5. The van der Waals surface area contributed by atoms with Gasteiger partial charge in [0.2, 0.25) is 0 Å². The number of rotatable bonds is 4. The zero-order chi connectivity index (χ0) is 8.93. The van der Waals surface area contributed by atoms with E-state index in [1.807, 2.05) is 24.3 Å². The third-order valence-corrected chi connectivity index (χ3v) is 1.76. The summed E-state index contributed by atoms with van der Waals surface area (Å²) < 4.78 is 10.3. The molecule has 0 amide bonds. The van der Waals surface area contributed by atoms with Crippen LogP contribution in [0.2, 0.25) is 0 Å². The molecule has 0 radical (unpaired) electrons. The first-order chi connectivity index (χ1) is 6.45. The Bertz CT molecular complexity index is 289. The van der Waals surface area contributed by atoms with Crippen LogP contribution >= 0.6 is 0 Å². The molecule has 0 spiro atoms. The first-order valence-electron chi connectivity index (χ1n) is 4.20. The summed E-state index contributed by atoms with van der Waals surface area (Å²) in [6.45, 7) is 1.46. The van der Waals surface area contributed by atoms with E-state index in [4.69, 9.17) is 8.83 Å². The molecule has 0 fully saturated rings. The van der Waals surface area contributed by atoms with Gasteiger partial charge in [-0.25, -0.2) is 0 Å². The minimum Gasteiger partial charge on any atom is -0.468 e. The van der Waals surface area contributed by atoms with Crippen LogP contribution in [-0.4, -0.2) is 0 Å². The molecule has 3 nitrogen and oxygen atoms in total. The van der Waals surface area contributed by atoms with Crippen molar-refractivity contribution in [3.8, 4) is 0 Å². The molecule has 0 atom stereocenters. The van der Waals surface area contributed by atoms with Crippen LogP contribution in [0.15, 0.2) is 45.6 Å². The van der Waals surface area contributed by atoms with E-state index in [9.17, 15) is 0 Å². The van der Waals surface area contributed by atoms with Crippen molar-refractivity contribution in [1.29, 1.82) is 0 Å². The topological polar surface area (TPSA) is 38.3 Å². The summed E-state index contributed by atoms with van der Waals surface area (Å²) in [6.07, 6.45) is 3.34. The van der Waals surface area contributed by atoms with Crippen molar-refractivity contribution < 1.29 is 8.83 Å². The monoisotopic (exact) mass is 177 g/mol. The predicted octanol–water partition coefficient (Wildman–Crippen LogP) is 2.16. The van der Waals surface area contributed by atoms with Crippen molar-refractivity contribution in [3.05, 3.63) is 48.3 Å². The van der Waals surface area contributed by atoms with E-state index in [-0.39, 0.29) is 0 Å². The van der Waals surface area contributed by atoms with Gasteiger partial charge in [0.1, 0.15) is 11.5 Å². The van der Waals surface area contributed by atoms with Crippen LogP contribution in [0.1, 0.15) is 11.5 Å². The summed E-state index contributed by atoms with van der Waals surface area (Å²) in [5.74, 6) is 1.87. The molecule has 2 aromatic rings. The molecule has 2 rings (SSSR count). The first-order valence-corrected chi connectivity index (χ1v) is 4.20. The molecule has 0 aliphatic carbocycles. The average Bonchev–Trinajstić information content (AvgIpc) is 2.75. The summed E-state index contributed by atoms with van der Waals surface area (Å²) in [5.41, 5.74) is 0. The Morgan fingerprint density at radius 3 is 1.85 bits per heavy atom. The second-order valence-electron chi connectivity index (χ2n) is 2.76. The zero-order valence-corrected chi connectivity index (χ0v) is 7.19. The van der Waals surface area contributed by atoms with Gasteiger partial charge in [-0.1, -0.05) is 0 Å². The van der Waals surface area contributed by atoms with Crippen LogP contribution < -0.4 is 5.32 Å². The van der Waals surface area contributed by atoms with Crippen LogP contribution in [0.4, 0.5) is 0 Å². The summed E-state index contributed by atoms with van der Waals surface area (Å²) in [6, 6.07) is 7.64. The van der Waals surface area contributed by atoms with Crippen molar-refractivity contribution in [3.63, 3.8) is 0 Å². The van der Waals surface area contributed by atoms with E-state index in [1.165, 1.54) is 0 Å². The van der Waals surface area contributed by atoms with Gasteiger partial charge in [-0.3, -0.25) is 0 Å². The maximum Gasteiger partial charge on any atom is 0.117 e. The Balaban J connectivity index is 1.76. The van der Waals surface area contributed by atoms with Crippen molar-refractivity contribution in [2.24, 2.45) is 0 Å². The maximum atomic E-state index is 5.16. The Labute approximate surface area is 76.4 Å². The molecule has 0 unspecified atom stereocenters. The van der Waals surface area contributed by atoms with Gasteiger partial charge in [-0.2, -0.15) is 0 Å². The first kappa shape index (κ1) is 8.13. The molecule has 2 aromatic heterocycles. The third kappa shape index (κ3) is 2.23. The zero-order valence-electron chi connectivity index (χ0n) is 7.19. The Morgan fingerprint density at radius 2 is 1.46 bits per heavy atom. The summed E-state index contributed by atoms with van der Waals surface area (Å²) >= 11 is 0. The molecule has 3 heteroatoms. The van der Waals surface area contributed by atoms with E-state index < -0.39 is 0 Å². The smallest absolute Gasteiger partial charge is 0.117 e. The number of furan rings is 2. The lowest BCUT2D eigenvalue weighted by Gasteiger charge is -1.98. The van der Waals surface area contributed by atoms with Gasteiger partial charge in [-0.05, 0) is 24.3 Å². The highest BCUT2D eigenvalue weighted by atomic mass is 16.3. The van der Waals surface area contributed by atoms with E-state index >= 15 is 0 Å². The molecule has 2 heterocycles. The third-order valence-electron chi connectivity index (χ3n) is 1.76. The molecule has 1 N–H and O–H groups in total. The molecule has 0 bridgehead atoms. The van der Waals surface area contributed by atoms with E-state index in [2.05, 4.69) is 5.32 Å². The fourth-order valence-corrected chi connectivity index (χ4v) is 1.14. The minimum absolute atomic E-state index is 0.730. The van der Waals surface area contributed by atoms with Crippen LogP contribution in [0, 0.1) is 0 Å². The Morgan fingerprint density at radius 1 is 0.923 bits per heavy atom. The summed E-state index contributed by atoms with van der Waals surface area (Å²) in [7, 11) is 0. The summed E-state index contributed by atoms with van der Waals surface area (Å²) in [5, 5.41) is 3.20. The molecule has 0 aliphatic heterocycles. The number of nitrogens with one attached hydrogen (secondary N) is 1. The van der Waals surface area contributed by atoms with E-state index in [1.54, 1.807) is 12.5 Å². The molecule has 68 valence electrons. The lowest BCUT2D eigenvalue weighted by atomic mass is 10.4.